The maximum absolute atomic E-state index is 10.4. The molecule has 0 saturated carbocycles. The third kappa shape index (κ3) is 43.7. The van der Waals surface area contributed by atoms with Gasteiger partial charge in [-0.25, -0.2) is 0 Å². The summed E-state index contributed by atoms with van der Waals surface area (Å²) in [5.74, 6) is -0.900. The number of carboxylic acid groups (broad SMARTS) is 1. The van der Waals surface area contributed by atoms with E-state index >= 15 is 0 Å². The van der Waals surface area contributed by atoms with E-state index in [-0.39, 0.29) is 12.8 Å². The molecule has 0 aromatic heterocycles. The number of hydrogen-bond acceptors (Lipinski definition) is 7. The van der Waals surface area contributed by atoms with Gasteiger partial charge in [-0.1, -0.05) is 160 Å². The summed E-state index contributed by atoms with van der Waals surface area (Å²) in [5, 5.41) is 47.1. The van der Waals surface area contributed by atoms with Crippen molar-refractivity contribution in [2.24, 2.45) is 0 Å². The van der Waals surface area contributed by atoms with Crippen LogP contribution in [0.1, 0.15) is 84.5 Å². The predicted octanol–water partition coefficient (Wildman–Crippen LogP) is 8.68. The monoisotopic (exact) mass is 720 g/mol. The van der Waals surface area contributed by atoms with Crippen molar-refractivity contribution in [2.45, 2.75) is 109 Å². The van der Waals surface area contributed by atoms with Gasteiger partial charge >= 0.3 is 5.97 Å². The zero-order valence-corrected chi connectivity index (χ0v) is 31.2. The number of rotatable bonds is 29. The molecule has 0 unspecified atom stereocenters. The van der Waals surface area contributed by atoms with E-state index < -0.39 is 30.4 Å². The van der Waals surface area contributed by atoms with E-state index in [1.807, 2.05) is 109 Å². The fourth-order valence-electron chi connectivity index (χ4n) is 3.77. The Labute approximate surface area is 313 Å². The summed E-state index contributed by atoms with van der Waals surface area (Å²) >= 11 is 0. The molecule has 0 radical (unpaired) electrons. The van der Waals surface area contributed by atoms with Crippen LogP contribution in [0, 0.1) is 0 Å². The van der Waals surface area contributed by atoms with Crippen LogP contribution >= 0.6 is 0 Å². The predicted molar refractivity (Wildman–Crippen MR) is 215 cm³/mol. The van der Waals surface area contributed by atoms with Gasteiger partial charge in [0.05, 0.1) is 31.0 Å². The highest BCUT2D eigenvalue weighted by atomic mass is 16.5. The van der Waals surface area contributed by atoms with Crippen LogP contribution in [0.25, 0.3) is 0 Å². The van der Waals surface area contributed by atoms with Crippen LogP contribution in [0.2, 0.25) is 0 Å². The molecular weight excluding hydrogens is 656 g/mol. The number of carbonyl (C=O) groups excluding carboxylic acids is 1. The van der Waals surface area contributed by atoms with E-state index in [4.69, 9.17) is 5.11 Å². The lowest BCUT2D eigenvalue weighted by Gasteiger charge is -2.00. The maximum atomic E-state index is 10.4. The Bertz CT molecular complexity index is 1210. The Hall–Kier alpha value is -4.34. The standard InChI is InChI=1S/2C22H32O4/c1-2-3-10-15-21(24)16-11-7-5-4-6-8-12-17-22(25)18-13-9-14-19-26-20-23;1-2-3-12-15-20(23)16-13-10-8-6-4-5-7-9-11-14-17-21(24)18-19-22(25)26/h3,5-13,16-17,20-22,24-25H,2,4,14-15,18-19H2,1H3;3-5,8-14,16-17,20-21,23-24H,2,6-7,15,18-19H2,1H3,(H,25,26)/b7-5-,8-6-,10-3-,13-9-,16-11+,17-12+;5-4-,10-8-,11-9-,12-3-,16-13+,17-14+/t21-,22+;20-,21-/m11/s1. The van der Waals surface area contributed by atoms with Gasteiger partial charge in [0, 0.05) is 6.42 Å². The zero-order chi connectivity index (χ0) is 38.8. The van der Waals surface area contributed by atoms with Crippen LogP contribution in [-0.4, -0.2) is 69.0 Å². The fourth-order valence-corrected chi connectivity index (χ4v) is 3.77. The average molecular weight is 721 g/mol. The van der Waals surface area contributed by atoms with Crippen LogP contribution < -0.4 is 0 Å². The van der Waals surface area contributed by atoms with E-state index in [0.717, 1.165) is 32.1 Å². The molecule has 0 fully saturated rings. The summed E-state index contributed by atoms with van der Waals surface area (Å²) in [6.07, 6.45) is 50.5. The molecule has 0 aliphatic heterocycles. The number of aliphatic carboxylic acids is 1. The molecule has 0 aromatic rings. The van der Waals surface area contributed by atoms with Crippen LogP contribution in [-0.2, 0) is 14.3 Å². The van der Waals surface area contributed by atoms with Gasteiger partial charge in [-0.2, -0.15) is 0 Å². The number of ether oxygens (including phenoxy) is 1. The number of carboxylic acids is 1. The Morgan fingerprint density at radius 3 is 1.29 bits per heavy atom. The lowest BCUT2D eigenvalue weighted by Crippen LogP contribution is -2.05. The second kappa shape index (κ2) is 41.1. The summed E-state index contributed by atoms with van der Waals surface area (Å²) in [6, 6.07) is 0. The Morgan fingerprint density at radius 2 is 0.904 bits per heavy atom. The Kier molecular flexibility index (Phi) is 39.3. The van der Waals surface area contributed by atoms with Gasteiger partial charge in [-0.3, -0.25) is 9.59 Å². The Balaban J connectivity index is 0. The third-order valence-electron chi connectivity index (χ3n) is 6.53. The molecule has 0 aromatic carbocycles. The molecule has 52 heavy (non-hydrogen) atoms. The van der Waals surface area contributed by atoms with Gasteiger partial charge in [0.1, 0.15) is 0 Å². The first-order valence-corrected chi connectivity index (χ1v) is 18.2. The maximum Gasteiger partial charge on any atom is 0.303 e. The molecule has 8 nitrogen and oxygen atoms in total. The highest BCUT2D eigenvalue weighted by molar-refractivity contribution is 5.66. The SMILES string of the molecule is CC/C=C\C[C@@H](O)/C=C/C=C\C/C=C\C/C=C\C=C\[C@@H](O)CCC(=O)O.CC/C=C\C[C@@H](O)/C=C/C=C\C/C=C\C=C\[C@H](O)C/C=C\CCOC=O. The van der Waals surface area contributed by atoms with Gasteiger partial charge in [0.15, 0.2) is 0 Å². The quantitative estimate of drug-likeness (QED) is 0.0224. The van der Waals surface area contributed by atoms with Crippen molar-refractivity contribution in [3.05, 3.63) is 146 Å². The number of carbonyl (C=O) groups is 2. The van der Waals surface area contributed by atoms with Gasteiger partial charge < -0.3 is 30.3 Å². The average Bonchev–Trinajstić information content (AvgIpc) is 3.12. The van der Waals surface area contributed by atoms with E-state index in [1.54, 1.807) is 30.4 Å². The van der Waals surface area contributed by atoms with Crippen LogP contribution in [0.4, 0.5) is 0 Å². The van der Waals surface area contributed by atoms with E-state index in [2.05, 4.69) is 24.7 Å². The van der Waals surface area contributed by atoms with Gasteiger partial charge in [-0.05, 0) is 64.2 Å². The number of aliphatic hydroxyl groups is 4. The van der Waals surface area contributed by atoms with Crippen molar-refractivity contribution in [2.75, 3.05) is 6.61 Å². The second-order valence-electron chi connectivity index (χ2n) is 11.3. The summed E-state index contributed by atoms with van der Waals surface area (Å²) < 4.78 is 4.56. The molecule has 4 atom stereocenters. The molecule has 5 N–H and O–H groups in total. The molecule has 8 heteroatoms. The van der Waals surface area contributed by atoms with Crippen molar-refractivity contribution < 1.29 is 39.9 Å². The summed E-state index contributed by atoms with van der Waals surface area (Å²) in [6.45, 7) is 4.93. The first kappa shape index (κ1) is 49.8. The molecule has 0 amide bonds. The molecule has 0 bridgehead atoms. The number of allylic oxidation sites excluding steroid dienone is 16. The molecule has 0 aliphatic carbocycles. The molecule has 0 saturated heterocycles. The third-order valence-corrected chi connectivity index (χ3v) is 6.53. The van der Waals surface area contributed by atoms with Crippen LogP contribution in [0.15, 0.2) is 146 Å². The molecule has 0 aliphatic rings. The normalized spacial score (nSPS) is 15.4. The molecule has 0 heterocycles. The van der Waals surface area contributed by atoms with Crippen molar-refractivity contribution in [3.8, 4) is 0 Å². The van der Waals surface area contributed by atoms with E-state index in [9.17, 15) is 30.0 Å². The van der Waals surface area contributed by atoms with Crippen molar-refractivity contribution >= 4 is 12.4 Å². The Morgan fingerprint density at radius 1 is 0.519 bits per heavy atom. The topological polar surface area (TPSA) is 145 Å². The lowest BCUT2D eigenvalue weighted by atomic mass is 10.2. The molecule has 0 rings (SSSR count). The van der Waals surface area contributed by atoms with Crippen molar-refractivity contribution in [1.82, 2.24) is 0 Å². The number of hydrogen-bond donors (Lipinski definition) is 5. The van der Waals surface area contributed by atoms with Gasteiger partial charge in [-0.15, -0.1) is 0 Å². The van der Waals surface area contributed by atoms with Crippen molar-refractivity contribution in [3.63, 3.8) is 0 Å². The van der Waals surface area contributed by atoms with Gasteiger partial charge in [0.2, 0.25) is 0 Å². The molecule has 288 valence electrons. The highest BCUT2D eigenvalue weighted by Gasteiger charge is 2.02. The summed E-state index contributed by atoms with van der Waals surface area (Å²) in [5.41, 5.74) is 0. The van der Waals surface area contributed by atoms with E-state index in [0.29, 0.717) is 38.8 Å². The molecule has 0 spiro atoms. The van der Waals surface area contributed by atoms with E-state index in [1.165, 1.54) is 0 Å². The number of aliphatic hydroxyl groups excluding tert-OH is 4. The smallest absolute Gasteiger partial charge is 0.303 e. The first-order valence-electron chi connectivity index (χ1n) is 18.2. The first-order chi connectivity index (χ1) is 25.3. The minimum absolute atomic E-state index is 0.0322. The second-order valence-corrected chi connectivity index (χ2v) is 11.3. The zero-order valence-electron chi connectivity index (χ0n) is 31.2. The minimum atomic E-state index is -0.900. The van der Waals surface area contributed by atoms with Crippen LogP contribution in [0.5, 0.6) is 0 Å². The fraction of sp³-hybridized carbons (Fsp3) is 0.409. The summed E-state index contributed by atoms with van der Waals surface area (Å²) in [4.78, 5) is 20.3. The van der Waals surface area contributed by atoms with Crippen molar-refractivity contribution in [1.29, 1.82) is 0 Å². The van der Waals surface area contributed by atoms with Crippen LogP contribution in [0.3, 0.4) is 0 Å². The summed E-state index contributed by atoms with van der Waals surface area (Å²) in [7, 11) is 0. The lowest BCUT2D eigenvalue weighted by molar-refractivity contribution is -0.137. The minimum Gasteiger partial charge on any atom is -0.481 e. The molecular formula is C44H64O8. The largest absolute Gasteiger partial charge is 0.481 e. The van der Waals surface area contributed by atoms with Gasteiger partial charge in [0.25, 0.3) is 6.47 Å². The highest BCUT2D eigenvalue weighted by Crippen LogP contribution is 2.01.